The van der Waals surface area contributed by atoms with Crippen LogP contribution in [0, 0.1) is 0 Å². The van der Waals surface area contributed by atoms with Crippen LogP contribution < -0.4 is 9.46 Å². The molecule has 0 atom stereocenters. The molecule has 0 aromatic heterocycles. The van der Waals surface area contributed by atoms with Crippen LogP contribution in [0.3, 0.4) is 0 Å². The van der Waals surface area contributed by atoms with E-state index in [-0.39, 0.29) is 10.3 Å². The van der Waals surface area contributed by atoms with Crippen LogP contribution >= 0.6 is 0 Å². The van der Waals surface area contributed by atoms with Gasteiger partial charge < -0.3 is 4.74 Å². The molecule has 0 fully saturated rings. The maximum atomic E-state index is 12.5. The largest absolute Gasteiger partial charge is 0.497 e. The first-order valence-electron chi connectivity index (χ1n) is 7.00. The van der Waals surface area contributed by atoms with Gasteiger partial charge in [-0.2, -0.15) is 0 Å². The van der Waals surface area contributed by atoms with Crippen molar-refractivity contribution in [3.05, 3.63) is 54.1 Å². The molecule has 2 aromatic carbocycles. The summed E-state index contributed by atoms with van der Waals surface area (Å²) in [4.78, 5) is 0.206. The van der Waals surface area contributed by atoms with Crippen molar-refractivity contribution in [1.82, 2.24) is 0 Å². The zero-order valence-electron chi connectivity index (χ0n) is 13.3. The fourth-order valence-corrected chi connectivity index (χ4v) is 3.26. The highest BCUT2D eigenvalue weighted by molar-refractivity contribution is 7.92. The number of methoxy groups -OCH3 is 1. The number of nitrogens with one attached hydrogen (secondary N) is 1. The zero-order valence-corrected chi connectivity index (χ0v) is 14.1. The highest BCUT2D eigenvalue weighted by Crippen LogP contribution is 2.30. The Morgan fingerprint density at radius 2 is 1.55 bits per heavy atom. The Morgan fingerprint density at radius 3 is 2.09 bits per heavy atom. The minimum Gasteiger partial charge on any atom is -0.497 e. The molecular formula is C17H21NO3S. The second kappa shape index (κ2) is 6.01. The van der Waals surface area contributed by atoms with Crippen molar-refractivity contribution < 1.29 is 13.2 Å². The Labute approximate surface area is 132 Å². The first-order chi connectivity index (χ1) is 10.2. The topological polar surface area (TPSA) is 55.4 Å². The van der Waals surface area contributed by atoms with Crippen molar-refractivity contribution >= 4 is 15.7 Å². The van der Waals surface area contributed by atoms with Crippen molar-refractivity contribution in [2.24, 2.45) is 0 Å². The molecular weight excluding hydrogens is 298 g/mol. The monoisotopic (exact) mass is 319 g/mol. The molecule has 1 N–H and O–H groups in total. The molecule has 0 saturated heterocycles. The maximum Gasteiger partial charge on any atom is 0.261 e. The first-order valence-corrected chi connectivity index (χ1v) is 8.49. The Hall–Kier alpha value is -2.01. The van der Waals surface area contributed by atoms with Gasteiger partial charge in [-0.15, -0.1) is 0 Å². The van der Waals surface area contributed by atoms with Crippen molar-refractivity contribution in [2.75, 3.05) is 11.8 Å². The van der Waals surface area contributed by atoms with Gasteiger partial charge in [-0.25, -0.2) is 8.42 Å². The summed E-state index contributed by atoms with van der Waals surface area (Å²) < 4.78 is 32.8. The molecule has 118 valence electrons. The quantitative estimate of drug-likeness (QED) is 0.932. The van der Waals surface area contributed by atoms with Crippen LogP contribution in [0.15, 0.2) is 53.4 Å². The number of anilines is 1. The predicted molar refractivity (Wildman–Crippen MR) is 88.9 cm³/mol. The molecule has 5 heteroatoms. The van der Waals surface area contributed by atoms with Crippen LogP contribution in [0.1, 0.15) is 26.3 Å². The van der Waals surface area contributed by atoms with Gasteiger partial charge in [0.05, 0.1) is 17.7 Å². The molecule has 0 bridgehead atoms. The van der Waals surface area contributed by atoms with Crippen LogP contribution in [0.4, 0.5) is 5.69 Å². The van der Waals surface area contributed by atoms with Crippen molar-refractivity contribution in [2.45, 2.75) is 31.1 Å². The molecule has 0 amide bonds. The van der Waals surface area contributed by atoms with Gasteiger partial charge in [0.2, 0.25) is 0 Å². The molecule has 0 unspecified atom stereocenters. The third-order valence-electron chi connectivity index (χ3n) is 3.35. The molecule has 2 rings (SSSR count). The molecule has 2 aromatic rings. The number of hydrogen-bond acceptors (Lipinski definition) is 3. The highest BCUT2D eigenvalue weighted by Gasteiger charge is 2.21. The standard InChI is InChI=1S/C17H21NO3S/c1-17(2,3)15-7-5-6-8-16(15)18-22(19,20)14-11-9-13(21-4)10-12-14/h5-12,18H,1-4H3. The lowest BCUT2D eigenvalue weighted by molar-refractivity contribution is 0.414. The van der Waals surface area contributed by atoms with Gasteiger partial charge in [0, 0.05) is 0 Å². The van der Waals surface area contributed by atoms with E-state index in [2.05, 4.69) is 4.72 Å². The molecule has 0 aliphatic rings. The van der Waals surface area contributed by atoms with Crippen LogP contribution in [0.2, 0.25) is 0 Å². The number of hydrogen-bond donors (Lipinski definition) is 1. The van der Waals surface area contributed by atoms with E-state index in [1.165, 1.54) is 12.1 Å². The average molecular weight is 319 g/mol. The number of para-hydroxylation sites is 1. The van der Waals surface area contributed by atoms with Crippen LogP contribution in [-0.2, 0) is 15.4 Å². The second-order valence-corrected chi connectivity index (χ2v) is 7.76. The third-order valence-corrected chi connectivity index (χ3v) is 4.73. The molecule has 0 heterocycles. The second-order valence-electron chi connectivity index (χ2n) is 6.08. The van der Waals surface area contributed by atoms with E-state index in [4.69, 9.17) is 4.74 Å². The van der Waals surface area contributed by atoms with E-state index < -0.39 is 10.0 Å². The van der Waals surface area contributed by atoms with Gasteiger partial charge in [0.15, 0.2) is 0 Å². The Balaban J connectivity index is 2.37. The summed E-state index contributed by atoms with van der Waals surface area (Å²) in [5.41, 5.74) is 1.40. The smallest absolute Gasteiger partial charge is 0.261 e. The van der Waals surface area contributed by atoms with E-state index in [1.807, 2.05) is 39.0 Å². The number of benzene rings is 2. The lowest BCUT2D eigenvalue weighted by Gasteiger charge is -2.23. The minimum absolute atomic E-state index is 0.154. The molecule has 0 aliphatic heterocycles. The zero-order chi connectivity index (χ0) is 16.4. The summed E-state index contributed by atoms with van der Waals surface area (Å²) >= 11 is 0. The van der Waals surface area contributed by atoms with E-state index in [1.54, 1.807) is 25.3 Å². The summed E-state index contributed by atoms with van der Waals surface area (Å²) in [6, 6.07) is 13.8. The molecule has 0 aliphatic carbocycles. The normalized spacial score (nSPS) is 12.0. The van der Waals surface area contributed by atoms with Gasteiger partial charge >= 0.3 is 0 Å². The van der Waals surface area contributed by atoms with Crippen LogP contribution in [0.5, 0.6) is 5.75 Å². The van der Waals surface area contributed by atoms with Crippen molar-refractivity contribution in [3.8, 4) is 5.75 Å². The Morgan fingerprint density at radius 1 is 0.955 bits per heavy atom. The highest BCUT2D eigenvalue weighted by atomic mass is 32.2. The lowest BCUT2D eigenvalue weighted by atomic mass is 9.86. The summed E-state index contributed by atoms with van der Waals surface area (Å²) in [5.74, 6) is 0.619. The molecule has 0 spiro atoms. The van der Waals surface area contributed by atoms with E-state index in [0.29, 0.717) is 11.4 Å². The summed E-state index contributed by atoms with van der Waals surface area (Å²) in [7, 11) is -2.08. The van der Waals surface area contributed by atoms with Crippen molar-refractivity contribution in [3.63, 3.8) is 0 Å². The van der Waals surface area contributed by atoms with Crippen LogP contribution in [-0.4, -0.2) is 15.5 Å². The van der Waals surface area contributed by atoms with Crippen molar-refractivity contribution in [1.29, 1.82) is 0 Å². The van der Waals surface area contributed by atoms with Gasteiger partial charge in [-0.3, -0.25) is 4.72 Å². The maximum absolute atomic E-state index is 12.5. The average Bonchev–Trinajstić information content (AvgIpc) is 2.46. The Bertz CT molecular complexity index is 744. The van der Waals surface area contributed by atoms with Crippen LogP contribution in [0.25, 0.3) is 0 Å². The van der Waals surface area contributed by atoms with Gasteiger partial charge in [-0.05, 0) is 41.3 Å². The molecule has 4 nitrogen and oxygen atoms in total. The van der Waals surface area contributed by atoms with Gasteiger partial charge in [-0.1, -0.05) is 39.0 Å². The van der Waals surface area contributed by atoms with E-state index in [0.717, 1.165) is 5.56 Å². The SMILES string of the molecule is COc1ccc(S(=O)(=O)Nc2ccccc2C(C)(C)C)cc1. The lowest BCUT2D eigenvalue weighted by Crippen LogP contribution is -2.19. The van der Waals surface area contributed by atoms with Gasteiger partial charge in [0.1, 0.15) is 5.75 Å². The predicted octanol–water partition coefficient (Wildman–Crippen LogP) is 3.79. The first kappa shape index (κ1) is 16.4. The number of ether oxygens (including phenoxy) is 1. The summed E-state index contributed by atoms with van der Waals surface area (Å²) in [6.45, 7) is 6.15. The number of sulfonamides is 1. The minimum atomic E-state index is -3.63. The summed E-state index contributed by atoms with van der Waals surface area (Å²) in [6.07, 6.45) is 0. The van der Waals surface area contributed by atoms with E-state index in [9.17, 15) is 8.42 Å². The Kier molecular flexibility index (Phi) is 4.47. The fourth-order valence-electron chi connectivity index (χ4n) is 2.18. The molecule has 22 heavy (non-hydrogen) atoms. The fraction of sp³-hybridized carbons (Fsp3) is 0.294. The third kappa shape index (κ3) is 3.60. The molecule has 0 radical (unpaired) electrons. The summed E-state index contributed by atoms with van der Waals surface area (Å²) in [5, 5.41) is 0. The number of rotatable bonds is 4. The van der Waals surface area contributed by atoms with E-state index >= 15 is 0 Å². The molecule has 0 saturated carbocycles. The van der Waals surface area contributed by atoms with Gasteiger partial charge in [0.25, 0.3) is 10.0 Å².